The van der Waals surface area contributed by atoms with Gasteiger partial charge in [-0.15, -0.1) is 11.3 Å². The Morgan fingerprint density at radius 2 is 1.60 bits per heavy atom. The number of para-hydroxylation sites is 1. The highest BCUT2D eigenvalue weighted by Gasteiger charge is 2.16. The molecule has 0 spiro atoms. The summed E-state index contributed by atoms with van der Waals surface area (Å²) < 4.78 is 5.61. The molecule has 0 aliphatic heterocycles. The number of aryl methyl sites for hydroxylation is 1. The van der Waals surface area contributed by atoms with Crippen molar-refractivity contribution in [1.82, 2.24) is 9.97 Å². The number of thiophene rings is 1. The maximum atomic E-state index is 11.6. The van der Waals surface area contributed by atoms with Gasteiger partial charge in [0.15, 0.2) is 12.1 Å². The first kappa shape index (κ1) is 23.8. The van der Waals surface area contributed by atoms with E-state index in [1.54, 1.807) is 35.6 Å². The van der Waals surface area contributed by atoms with E-state index in [4.69, 9.17) is 5.73 Å². The number of hydrogen-bond donors (Lipinski definition) is 1. The van der Waals surface area contributed by atoms with Crippen molar-refractivity contribution in [3.63, 3.8) is 0 Å². The molecule has 0 bridgehead atoms. The van der Waals surface area contributed by atoms with Crippen LogP contribution in [0.15, 0.2) is 85.2 Å². The lowest BCUT2D eigenvalue weighted by molar-refractivity contribution is 0.0602. The highest BCUT2D eigenvalue weighted by molar-refractivity contribution is 7.22. The number of benzene rings is 3. The minimum atomic E-state index is -0.400. The smallest absolute Gasteiger partial charge is 0.339 e. The van der Waals surface area contributed by atoms with E-state index in [9.17, 15) is 9.59 Å². The zero-order valence-corrected chi connectivity index (χ0v) is 20.1. The quantitative estimate of drug-likeness (QED) is 0.186. The molecule has 6 nitrogen and oxygen atoms in total. The first-order valence-corrected chi connectivity index (χ1v) is 11.6. The second-order valence-electron chi connectivity index (χ2n) is 7.65. The Balaban J connectivity index is 0.000000221. The zero-order chi connectivity index (χ0) is 24.8. The van der Waals surface area contributed by atoms with Crippen LogP contribution >= 0.6 is 11.3 Å². The van der Waals surface area contributed by atoms with Gasteiger partial charge in [-0.2, -0.15) is 0 Å². The Hall–Kier alpha value is -4.36. The van der Waals surface area contributed by atoms with Crippen LogP contribution < -0.4 is 5.73 Å². The first-order valence-electron chi connectivity index (χ1n) is 10.8. The molecule has 35 heavy (non-hydrogen) atoms. The number of rotatable bonds is 4. The monoisotopic (exact) mass is 481 g/mol. The fourth-order valence-corrected chi connectivity index (χ4v) is 4.77. The molecule has 0 radical (unpaired) electrons. The van der Waals surface area contributed by atoms with Crippen molar-refractivity contribution in [1.29, 1.82) is 0 Å². The summed E-state index contributed by atoms with van der Waals surface area (Å²) in [5.41, 5.74) is 10.2. The summed E-state index contributed by atoms with van der Waals surface area (Å²) in [6, 6.07) is 22.8. The van der Waals surface area contributed by atoms with E-state index >= 15 is 0 Å². The molecule has 0 aliphatic rings. The summed E-state index contributed by atoms with van der Waals surface area (Å²) >= 11 is 1.57. The normalized spacial score (nSPS) is 10.3. The van der Waals surface area contributed by atoms with E-state index in [1.807, 2.05) is 54.9 Å². The number of nitrogens with two attached hydrogens (primary N) is 1. The molecule has 0 saturated carbocycles. The number of hydrogen-bond acceptors (Lipinski definition) is 7. The van der Waals surface area contributed by atoms with Crippen LogP contribution in [0.2, 0.25) is 0 Å². The van der Waals surface area contributed by atoms with Gasteiger partial charge >= 0.3 is 5.97 Å². The van der Waals surface area contributed by atoms with Crippen molar-refractivity contribution in [2.75, 3.05) is 12.8 Å². The van der Waals surface area contributed by atoms with Gasteiger partial charge in [0.2, 0.25) is 0 Å². The van der Waals surface area contributed by atoms with Crippen molar-refractivity contribution in [3.8, 4) is 21.8 Å². The molecule has 0 amide bonds. The third-order valence-electron chi connectivity index (χ3n) is 5.40. The summed E-state index contributed by atoms with van der Waals surface area (Å²) in [5.74, 6) is 0.195. The zero-order valence-electron chi connectivity index (χ0n) is 19.3. The van der Waals surface area contributed by atoms with Gasteiger partial charge in [0.25, 0.3) is 0 Å². The number of nitrogen functional groups attached to an aromatic ring is 1. The van der Waals surface area contributed by atoms with Gasteiger partial charge in [0, 0.05) is 39.3 Å². The number of carbonyl (C=O) groups is 2. The lowest BCUT2D eigenvalue weighted by atomic mass is 10.1. The van der Waals surface area contributed by atoms with Crippen molar-refractivity contribution < 1.29 is 14.3 Å². The topological polar surface area (TPSA) is 95.2 Å². The van der Waals surface area contributed by atoms with Crippen LogP contribution in [-0.2, 0) is 4.74 Å². The largest absolute Gasteiger partial charge is 0.465 e. The van der Waals surface area contributed by atoms with Crippen LogP contribution in [0, 0.1) is 6.92 Å². The standard InChI is InChI=1S/C20H14N2OS.C8H9NO2/c1-13-6-5-9-16-17(12-23)19(24-18(13)16)20-21-10-15(11-22-20)14-7-3-2-4-8-14;1-11-8(10)6-4-2-3-5-7(6)9/h2-12H,1H3;2-5H,9H2,1H3. The molecular weight excluding hydrogens is 458 g/mol. The summed E-state index contributed by atoms with van der Waals surface area (Å²) in [7, 11) is 1.33. The second-order valence-corrected chi connectivity index (χ2v) is 8.68. The number of aldehydes is 1. The minimum Gasteiger partial charge on any atom is -0.465 e. The van der Waals surface area contributed by atoms with Crippen molar-refractivity contribution >= 4 is 39.4 Å². The number of nitrogens with zero attached hydrogens (tertiary/aromatic N) is 2. The Morgan fingerprint density at radius 1 is 0.914 bits per heavy atom. The number of ether oxygens (including phenoxy) is 1. The van der Waals surface area contributed by atoms with Crippen LogP contribution in [0.25, 0.3) is 31.9 Å². The van der Waals surface area contributed by atoms with Gasteiger partial charge in [0.1, 0.15) is 0 Å². The molecule has 0 atom stereocenters. The van der Waals surface area contributed by atoms with Crippen molar-refractivity contribution in [2.45, 2.75) is 6.92 Å². The first-order chi connectivity index (χ1) is 17.0. The number of carbonyl (C=O) groups excluding carboxylic acids is 2. The molecule has 5 rings (SSSR count). The predicted molar refractivity (Wildman–Crippen MR) is 141 cm³/mol. The third kappa shape index (κ3) is 5.10. The highest BCUT2D eigenvalue weighted by atomic mass is 32.1. The van der Waals surface area contributed by atoms with Gasteiger partial charge in [-0.05, 0) is 30.2 Å². The average Bonchev–Trinajstić information content (AvgIpc) is 3.29. The van der Waals surface area contributed by atoms with Crippen LogP contribution in [0.1, 0.15) is 26.3 Å². The molecule has 174 valence electrons. The molecule has 0 aliphatic carbocycles. The molecule has 0 unspecified atom stereocenters. The van der Waals surface area contributed by atoms with Crippen LogP contribution in [0.5, 0.6) is 0 Å². The van der Waals surface area contributed by atoms with E-state index in [0.717, 1.165) is 37.9 Å². The van der Waals surface area contributed by atoms with E-state index in [0.29, 0.717) is 22.6 Å². The number of aromatic nitrogens is 2. The van der Waals surface area contributed by atoms with E-state index < -0.39 is 5.97 Å². The molecule has 5 aromatic rings. The fraction of sp³-hybridized carbons (Fsp3) is 0.0714. The summed E-state index contributed by atoms with van der Waals surface area (Å²) in [6.07, 6.45) is 4.52. The summed E-state index contributed by atoms with van der Waals surface area (Å²) in [5, 5.41) is 0.973. The summed E-state index contributed by atoms with van der Waals surface area (Å²) in [6.45, 7) is 2.05. The molecule has 0 fully saturated rings. The second kappa shape index (κ2) is 10.7. The van der Waals surface area contributed by atoms with Crippen molar-refractivity contribution in [3.05, 3.63) is 102 Å². The number of esters is 1. The number of methoxy groups -OCH3 is 1. The molecule has 2 heterocycles. The molecule has 2 N–H and O–H groups in total. The molecule has 7 heteroatoms. The predicted octanol–water partition coefficient (Wildman–Crippen LogP) is 6.20. The maximum absolute atomic E-state index is 11.6. The van der Waals surface area contributed by atoms with Crippen molar-refractivity contribution in [2.24, 2.45) is 0 Å². The number of anilines is 1. The fourth-order valence-electron chi connectivity index (χ4n) is 3.58. The maximum Gasteiger partial charge on any atom is 0.339 e. The van der Waals surface area contributed by atoms with Gasteiger partial charge < -0.3 is 10.5 Å². The van der Waals surface area contributed by atoms with Crippen LogP contribution in [0.4, 0.5) is 5.69 Å². The average molecular weight is 482 g/mol. The Labute approximate surface area is 207 Å². The third-order valence-corrected chi connectivity index (χ3v) is 6.75. The van der Waals surface area contributed by atoms with Gasteiger partial charge in [-0.25, -0.2) is 14.8 Å². The van der Waals surface area contributed by atoms with E-state index in [-0.39, 0.29) is 0 Å². The van der Waals surface area contributed by atoms with Crippen LogP contribution in [0.3, 0.4) is 0 Å². The Kier molecular flexibility index (Phi) is 7.28. The molecular formula is C28H23N3O3S. The SMILES string of the molecule is COC(=O)c1ccccc1N.Cc1cccc2c(C=O)c(-c3ncc(-c4ccccc4)cn3)sc12. The van der Waals surface area contributed by atoms with Gasteiger partial charge in [-0.1, -0.05) is 60.7 Å². The van der Waals surface area contributed by atoms with E-state index in [2.05, 4.69) is 27.7 Å². The molecule has 3 aromatic carbocycles. The summed E-state index contributed by atoms with van der Waals surface area (Å²) in [4.78, 5) is 32.4. The Bertz CT molecular complexity index is 1480. The van der Waals surface area contributed by atoms with Gasteiger partial charge in [-0.3, -0.25) is 4.79 Å². The van der Waals surface area contributed by atoms with Crippen LogP contribution in [-0.4, -0.2) is 29.3 Å². The Morgan fingerprint density at radius 3 is 2.26 bits per heavy atom. The van der Waals surface area contributed by atoms with E-state index in [1.165, 1.54) is 7.11 Å². The minimum absolute atomic E-state index is 0.400. The number of fused-ring (bicyclic) bond motifs is 1. The van der Waals surface area contributed by atoms with Gasteiger partial charge in [0.05, 0.1) is 17.6 Å². The highest BCUT2D eigenvalue weighted by Crippen LogP contribution is 2.37. The molecule has 2 aromatic heterocycles. The molecule has 0 saturated heterocycles. The lowest BCUT2D eigenvalue weighted by Crippen LogP contribution is -2.04. The lowest BCUT2D eigenvalue weighted by Gasteiger charge is -2.02.